The molecule has 0 spiro atoms. The maximum atomic E-state index is 12.9. The third-order valence-corrected chi connectivity index (χ3v) is 5.66. The van der Waals surface area contributed by atoms with E-state index in [1.54, 1.807) is 14.2 Å². The summed E-state index contributed by atoms with van der Waals surface area (Å²) in [6.45, 7) is 2.10. The van der Waals surface area contributed by atoms with E-state index in [4.69, 9.17) is 15.2 Å². The summed E-state index contributed by atoms with van der Waals surface area (Å²) in [5.74, 6) is 1.41. The predicted octanol–water partition coefficient (Wildman–Crippen LogP) is 3.54. The Hall–Kier alpha value is -2.53. The summed E-state index contributed by atoms with van der Waals surface area (Å²) in [5, 5.41) is 3.27. The van der Waals surface area contributed by atoms with Gasteiger partial charge in [-0.2, -0.15) is 0 Å². The van der Waals surface area contributed by atoms with Crippen LogP contribution in [-0.2, 0) is 11.2 Å². The number of rotatable bonds is 7. The highest BCUT2D eigenvalue weighted by Crippen LogP contribution is 2.32. The number of hydrogen-bond donors (Lipinski definition) is 2. The van der Waals surface area contributed by atoms with Crippen LogP contribution in [0.3, 0.4) is 0 Å². The lowest BCUT2D eigenvalue weighted by Crippen LogP contribution is -2.35. The molecule has 3 atom stereocenters. The molecule has 1 fully saturated rings. The highest BCUT2D eigenvalue weighted by atomic mass is 16.5. The number of nitrogens with one attached hydrogen (secondary N) is 1. The lowest BCUT2D eigenvalue weighted by atomic mass is 9.95. The molecule has 0 heterocycles. The van der Waals surface area contributed by atoms with E-state index >= 15 is 0 Å². The summed E-state index contributed by atoms with van der Waals surface area (Å²) < 4.78 is 10.8. The van der Waals surface area contributed by atoms with Gasteiger partial charge in [0.15, 0.2) is 11.5 Å². The molecule has 1 amide bonds. The normalized spacial score (nSPS) is 19.9. The van der Waals surface area contributed by atoms with Crippen LogP contribution in [0, 0.1) is 12.8 Å². The van der Waals surface area contributed by atoms with E-state index in [9.17, 15) is 4.79 Å². The van der Waals surface area contributed by atoms with E-state index in [-0.39, 0.29) is 23.9 Å². The maximum Gasteiger partial charge on any atom is 0.223 e. The second-order valence-electron chi connectivity index (χ2n) is 7.58. The van der Waals surface area contributed by atoms with Crippen LogP contribution in [0.2, 0.25) is 0 Å². The van der Waals surface area contributed by atoms with Crippen LogP contribution in [0.1, 0.15) is 42.0 Å². The zero-order valence-corrected chi connectivity index (χ0v) is 16.9. The van der Waals surface area contributed by atoms with Crippen LogP contribution in [0.4, 0.5) is 0 Å². The van der Waals surface area contributed by atoms with Crippen LogP contribution in [0.5, 0.6) is 11.5 Å². The summed E-state index contributed by atoms with van der Waals surface area (Å²) in [4.78, 5) is 12.9. The van der Waals surface area contributed by atoms with Crippen molar-refractivity contribution in [1.29, 1.82) is 0 Å². The van der Waals surface area contributed by atoms with E-state index in [0.29, 0.717) is 17.9 Å². The van der Waals surface area contributed by atoms with E-state index in [2.05, 4.69) is 24.4 Å². The van der Waals surface area contributed by atoms with E-state index in [1.165, 1.54) is 11.1 Å². The Balaban J connectivity index is 1.87. The molecule has 1 aliphatic rings. The van der Waals surface area contributed by atoms with Gasteiger partial charge in [-0.1, -0.05) is 30.3 Å². The minimum atomic E-state index is -0.148. The third kappa shape index (κ3) is 4.65. The van der Waals surface area contributed by atoms with Gasteiger partial charge in [-0.05, 0) is 61.4 Å². The molecule has 5 heteroatoms. The average Bonchev–Trinajstić information content (AvgIpc) is 3.15. The predicted molar refractivity (Wildman–Crippen MR) is 111 cm³/mol. The third-order valence-electron chi connectivity index (χ3n) is 5.66. The van der Waals surface area contributed by atoms with E-state index in [0.717, 1.165) is 24.8 Å². The molecule has 3 unspecified atom stereocenters. The maximum absolute atomic E-state index is 12.9. The summed E-state index contributed by atoms with van der Waals surface area (Å²) in [6.07, 6.45) is 3.24. The first-order chi connectivity index (χ1) is 13.5. The van der Waals surface area contributed by atoms with Crippen molar-refractivity contribution in [2.24, 2.45) is 11.7 Å². The van der Waals surface area contributed by atoms with Crippen molar-refractivity contribution in [2.75, 3.05) is 14.2 Å². The van der Waals surface area contributed by atoms with Crippen LogP contribution in [-0.4, -0.2) is 26.2 Å². The molecule has 0 radical (unpaired) electrons. The first-order valence-corrected chi connectivity index (χ1v) is 9.84. The van der Waals surface area contributed by atoms with Crippen LogP contribution in [0.25, 0.3) is 0 Å². The summed E-state index contributed by atoms with van der Waals surface area (Å²) in [7, 11) is 3.24. The van der Waals surface area contributed by atoms with Crippen LogP contribution in [0.15, 0.2) is 42.5 Å². The van der Waals surface area contributed by atoms with Gasteiger partial charge < -0.3 is 20.5 Å². The highest BCUT2D eigenvalue weighted by Gasteiger charge is 2.29. The van der Waals surface area contributed by atoms with Gasteiger partial charge in [0, 0.05) is 12.0 Å². The molecule has 2 aromatic carbocycles. The zero-order valence-electron chi connectivity index (χ0n) is 16.9. The molecule has 150 valence electrons. The lowest BCUT2D eigenvalue weighted by Gasteiger charge is -2.23. The molecular weight excluding hydrogens is 352 g/mol. The Morgan fingerprint density at radius 3 is 2.54 bits per heavy atom. The van der Waals surface area contributed by atoms with Crippen molar-refractivity contribution in [1.82, 2.24) is 5.32 Å². The Kier molecular flexibility index (Phi) is 6.57. The topological polar surface area (TPSA) is 73.6 Å². The largest absolute Gasteiger partial charge is 0.493 e. The van der Waals surface area contributed by atoms with Gasteiger partial charge >= 0.3 is 0 Å². The molecule has 0 aromatic heterocycles. The van der Waals surface area contributed by atoms with Crippen LogP contribution >= 0.6 is 0 Å². The first-order valence-electron chi connectivity index (χ1n) is 9.84. The van der Waals surface area contributed by atoms with Crippen molar-refractivity contribution in [2.45, 2.75) is 44.7 Å². The summed E-state index contributed by atoms with van der Waals surface area (Å²) in [5.41, 5.74) is 9.43. The zero-order chi connectivity index (χ0) is 20.1. The van der Waals surface area contributed by atoms with Gasteiger partial charge in [0.25, 0.3) is 0 Å². The number of hydrogen-bond acceptors (Lipinski definition) is 4. The number of amides is 1. The molecule has 3 N–H and O–H groups in total. The monoisotopic (exact) mass is 382 g/mol. The second kappa shape index (κ2) is 9.11. The molecule has 28 heavy (non-hydrogen) atoms. The molecular formula is C23H30N2O3. The second-order valence-corrected chi connectivity index (χ2v) is 7.58. The average molecular weight is 383 g/mol. The quantitative estimate of drug-likeness (QED) is 0.768. The number of ether oxygens (including phenoxy) is 2. The molecule has 1 aliphatic carbocycles. The molecule has 1 saturated carbocycles. The molecule has 0 aliphatic heterocycles. The fourth-order valence-corrected chi connectivity index (χ4v) is 3.92. The van der Waals surface area contributed by atoms with Gasteiger partial charge in [-0.3, -0.25) is 4.79 Å². The summed E-state index contributed by atoms with van der Waals surface area (Å²) in [6, 6.07) is 14.1. The molecule has 2 aromatic rings. The van der Waals surface area contributed by atoms with Gasteiger partial charge in [-0.15, -0.1) is 0 Å². The van der Waals surface area contributed by atoms with Crippen molar-refractivity contribution in [3.63, 3.8) is 0 Å². The Bertz CT molecular complexity index is 821. The van der Waals surface area contributed by atoms with Crippen molar-refractivity contribution in [3.8, 4) is 11.5 Å². The highest BCUT2D eigenvalue weighted by molar-refractivity contribution is 5.79. The number of aryl methyl sites for hydroxylation is 1. The van der Waals surface area contributed by atoms with Crippen molar-refractivity contribution >= 4 is 5.91 Å². The molecule has 3 rings (SSSR count). The van der Waals surface area contributed by atoms with Gasteiger partial charge in [0.2, 0.25) is 5.91 Å². The summed E-state index contributed by atoms with van der Waals surface area (Å²) >= 11 is 0. The number of methoxy groups -OCH3 is 2. The number of carbonyl (C=O) groups excluding carboxylic acids is 1. The Morgan fingerprint density at radius 1 is 1.14 bits per heavy atom. The van der Waals surface area contributed by atoms with Crippen molar-refractivity contribution < 1.29 is 14.3 Å². The molecule has 5 nitrogen and oxygen atoms in total. The number of benzene rings is 2. The fourth-order valence-electron chi connectivity index (χ4n) is 3.92. The minimum Gasteiger partial charge on any atom is -0.493 e. The Labute approximate surface area is 167 Å². The van der Waals surface area contributed by atoms with Gasteiger partial charge in [-0.25, -0.2) is 0 Å². The van der Waals surface area contributed by atoms with E-state index < -0.39 is 0 Å². The SMILES string of the molecule is COc1ccc(C(Cc2ccccc2C)NC(=O)C2CCC(N)C2)cc1OC. The van der Waals surface area contributed by atoms with E-state index in [1.807, 2.05) is 30.3 Å². The standard InChI is InChI=1S/C23H30N2O3/c1-15-6-4-5-7-16(15)13-20(25-23(26)18-8-10-19(24)12-18)17-9-11-21(27-2)22(14-17)28-3/h4-7,9,11,14,18-20H,8,10,12-13,24H2,1-3H3,(H,25,26). The smallest absolute Gasteiger partial charge is 0.223 e. The van der Waals surface area contributed by atoms with Gasteiger partial charge in [0.05, 0.1) is 20.3 Å². The molecule has 0 saturated heterocycles. The minimum absolute atomic E-state index is 0.00508. The van der Waals surface area contributed by atoms with Crippen molar-refractivity contribution in [3.05, 3.63) is 59.2 Å². The van der Waals surface area contributed by atoms with Gasteiger partial charge in [0.1, 0.15) is 0 Å². The first kappa shape index (κ1) is 20.2. The Morgan fingerprint density at radius 2 is 1.89 bits per heavy atom. The van der Waals surface area contributed by atoms with Crippen LogP contribution < -0.4 is 20.5 Å². The lowest BCUT2D eigenvalue weighted by molar-refractivity contribution is -0.125. The molecule has 0 bridgehead atoms. The fraction of sp³-hybridized carbons (Fsp3) is 0.435. The number of nitrogens with two attached hydrogens (primary N) is 1. The number of carbonyl (C=O) groups is 1.